The summed E-state index contributed by atoms with van der Waals surface area (Å²) in [5.41, 5.74) is 6.23. The molecular weight excluding hydrogens is 230 g/mol. The number of pyridine rings is 1. The van der Waals surface area contributed by atoms with Crippen molar-refractivity contribution in [2.45, 2.75) is 19.3 Å². The van der Waals surface area contributed by atoms with Crippen LogP contribution in [0.3, 0.4) is 0 Å². The van der Waals surface area contributed by atoms with Gasteiger partial charge < -0.3 is 15.7 Å². The average molecular weight is 247 g/mol. The van der Waals surface area contributed by atoms with Gasteiger partial charge in [0.25, 0.3) is 0 Å². The van der Waals surface area contributed by atoms with Crippen LogP contribution in [0.4, 0.5) is 11.5 Å². The molecule has 1 saturated heterocycles. The zero-order valence-corrected chi connectivity index (χ0v) is 10.2. The maximum absolute atomic E-state index is 11.3. The van der Waals surface area contributed by atoms with Crippen LogP contribution in [-0.4, -0.2) is 29.1 Å². The second-order valence-corrected chi connectivity index (χ2v) is 5.30. The lowest BCUT2D eigenvalue weighted by molar-refractivity contribution is 0.0697. The monoisotopic (exact) mass is 247 g/mol. The number of aromatic nitrogens is 1. The predicted octanol–water partition coefficient (Wildman–Crippen LogP) is 1.60. The molecule has 1 aliphatic heterocycles. The molecule has 5 heteroatoms. The Morgan fingerprint density at radius 3 is 2.67 bits per heavy atom. The van der Waals surface area contributed by atoms with Gasteiger partial charge in [-0.2, -0.15) is 0 Å². The largest absolute Gasteiger partial charge is 0.478 e. The standard InChI is InChI=1S/C13H17N3O2/c14-10-4-11(13(17)18)12(15-5-10)16-6-8-2-1-3-9(8)7-16/h4-5,8-9H,1-3,6-7,14H2,(H,17,18). The van der Waals surface area contributed by atoms with Gasteiger partial charge in [-0.25, -0.2) is 9.78 Å². The Balaban J connectivity index is 1.90. The van der Waals surface area contributed by atoms with Crippen LogP contribution in [-0.2, 0) is 0 Å². The number of nitrogens with zero attached hydrogens (tertiary/aromatic N) is 2. The molecule has 0 spiro atoms. The smallest absolute Gasteiger partial charge is 0.339 e. The van der Waals surface area contributed by atoms with Crippen LogP contribution >= 0.6 is 0 Å². The second kappa shape index (κ2) is 4.15. The van der Waals surface area contributed by atoms with Crippen molar-refractivity contribution < 1.29 is 9.90 Å². The third kappa shape index (κ3) is 1.79. The Kier molecular flexibility index (Phi) is 2.61. The number of fused-ring (bicyclic) bond motifs is 1. The zero-order chi connectivity index (χ0) is 12.7. The van der Waals surface area contributed by atoms with Gasteiger partial charge in [-0.3, -0.25) is 0 Å². The van der Waals surface area contributed by atoms with Gasteiger partial charge >= 0.3 is 5.97 Å². The number of nitrogens with two attached hydrogens (primary N) is 1. The summed E-state index contributed by atoms with van der Waals surface area (Å²) in [5, 5.41) is 9.23. The maximum Gasteiger partial charge on any atom is 0.339 e. The molecule has 0 amide bonds. The van der Waals surface area contributed by atoms with Crippen LogP contribution in [0.2, 0.25) is 0 Å². The lowest BCUT2D eigenvalue weighted by atomic mass is 10.0. The number of aromatic carboxylic acids is 1. The molecular formula is C13H17N3O2. The Morgan fingerprint density at radius 2 is 2.06 bits per heavy atom. The van der Waals surface area contributed by atoms with E-state index in [1.807, 2.05) is 0 Å². The van der Waals surface area contributed by atoms with Gasteiger partial charge in [-0.05, 0) is 30.7 Å². The molecule has 2 aliphatic rings. The van der Waals surface area contributed by atoms with E-state index >= 15 is 0 Å². The Morgan fingerprint density at radius 1 is 1.39 bits per heavy atom. The molecule has 2 heterocycles. The lowest BCUT2D eigenvalue weighted by Gasteiger charge is -2.20. The van der Waals surface area contributed by atoms with Crippen molar-refractivity contribution in [3.8, 4) is 0 Å². The minimum atomic E-state index is -0.957. The molecule has 0 radical (unpaired) electrons. The summed E-state index contributed by atoms with van der Waals surface area (Å²) in [4.78, 5) is 17.6. The van der Waals surface area contributed by atoms with Crippen LogP contribution in [0, 0.1) is 11.8 Å². The van der Waals surface area contributed by atoms with Crippen LogP contribution < -0.4 is 10.6 Å². The first-order valence-electron chi connectivity index (χ1n) is 6.39. The summed E-state index contributed by atoms with van der Waals surface area (Å²) in [6, 6.07) is 1.50. The Labute approximate surface area is 106 Å². The highest BCUT2D eigenvalue weighted by Crippen LogP contribution is 2.39. The molecule has 3 N–H and O–H groups in total. The van der Waals surface area contributed by atoms with Crippen molar-refractivity contribution in [2.24, 2.45) is 11.8 Å². The van der Waals surface area contributed by atoms with Crippen LogP contribution in [0.1, 0.15) is 29.6 Å². The zero-order valence-electron chi connectivity index (χ0n) is 10.2. The highest BCUT2D eigenvalue weighted by Gasteiger charge is 2.37. The van der Waals surface area contributed by atoms with Crippen molar-refractivity contribution in [2.75, 3.05) is 23.7 Å². The van der Waals surface area contributed by atoms with Gasteiger partial charge in [0.05, 0.1) is 11.9 Å². The third-order valence-electron chi connectivity index (χ3n) is 4.14. The Bertz CT molecular complexity index is 477. The van der Waals surface area contributed by atoms with Gasteiger partial charge in [0.2, 0.25) is 0 Å². The van der Waals surface area contributed by atoms with E-state index in [4.69, 9.17) is 5.73 Å². The highest BCUT2D eigenvalue weighted by atomic mass is 16.4. The third-order valence-corrected chi connectivity index (χ3v) is 4.14. The minimum Gasteiger partial charge on any atom is -0.478 e. The maximum atomic E-state index is 11.3. The van der Waals surface area contributed by atoms with Gasteiger partial charge in [-0.15, -0.1) is 0 Å². The fourth-order valence-corrected chi connectivity index (χ4v) is 3.29. The first-order chi connectivity index (χ1) is 8.65. The van der Waals surface area contributed by atoms with E-state index in [0.29, 0.717) is 23.3 Å². The van der Waals surface area contributed by atoms with E-state index in [0.717, 1.165) is 13.1 Å². The van der Waals surface area contributed by atoms with Crippen LogP contribution in [0.5, 0.6) is 0 Å². The summed E-state index contributed by atoms with van der Waals surface area (Å²) in [6.45, 7) is 1.86. The Hall–Kier alpha value is -1.78. The molecule has 2 atom stereocenters. The van der Waals surface area contributed by atoms with Crippen molar-refractivity contribution in [3.05, 3.63) is 17.8 Å². The van der Waals surface area contributed by atoms with E-state index in [2.05, 4.69) is 9.88 Å². The molecule has 0 aromatic carbocycles. The fraction of sp³-hybridized carbons (Fsp3) is 0.538. The van der Waals surface area contributed by atoms with E-state index in [1.165, 1.54) is 31.5 Å². The molecule has 5 nitrogen and oxygen atoms in total. The first kappa shape index (κ1) is 11.3. The normalized spacial score (nSPS) is 26.3. The molecule has 1 aromatic heterocycles. The lowest BCUT2D eigenvalue weighted by Crippen LogP contribution is -2.24. The van der Waals surface area contributed by atoms with Crippen LogP contribution in [0.25, 0.3) is 0 Å². The summed E-state index contributed by atoms with van der Waals surface area (Å²) in [6.07, 6.45) is 5.37. The first-order valence-corrected chi connectivity index (χ1v) is 6.39. The molecule has 2 unspecified atom stereocenters. The molecule has 1 saturated carbocycles. The summed E-state index contributed by atoms with van der Waals surface area (Å²) >= 11 is 0. The SMILES string of the molecule is Nc1cnc(N2CC3CCCC3C2)c(C(=O)O)c1. The van der Waals surface area contributed by atoms with Gasteiger partial charge in [0, 0.05) is 13.1 Å². The fourth-order valence-electron chi connectivity index (χ4n) is 3.29. The quantitative estimate of drug-likeness (QED) is 0.829. The number of carbonyl (C=O) groups is 1. The number of carboxylic acid groups (broad SMARTS) is 1. The van der Waals surface area contributed by atoms with Crippen molar-refractivity contribution >= 4 is 17.5 Å². The van der Waals surface area contributed by atoms with Gasteiger partial charge in [0.15, 0.2) is 0 Å². The van der Waals surface area contributed by atoms with Crippen molar-refractivity contribution in [3.63, 3.8) is 0 Å². The van der Waals surface area contributed by atoms with Gasteiger partial charge in [0.1, 0.15) is 11.4 Å². The number of carboxylic acids is 1. The van der Waals surface area contributed by atoms with Gasteiger partial charge in [-0.1, -0.05) is 6.42 Å². The number of nitrogen functional groups attached to an aromatic ring is 1. The molecule has 3 rings (SSSR count). The number of rotatable bonds is 2. The summed E-state index contributed by atoms with van der Waals surface area (Å²) < 4.78 is 0. The average Bonchev–Trinajstić information content (AvgIpc) is 2.88. The molecule has 0 bridgehead atoms. The number of anilines is 2. The van der Waals surface area contributed by atoms with E-state index in [-0.39, 0.29) is 5.56 Å². The second-order valence-electron chi connectivity index (χ2n) is 5.30. The van der Waals surface area contributed by atoms with E-state index in [1.54, 1.807) is 0 Å². The molecule has 96 valence electrons. The number of hydrogen-bond donors (Lipinski definition) is 2. The molecule has 18 heavy (non-hydrogen) atoms. The highest BCUT2D eigenvalue weighted by molar-refractivity contribution is 5.94. The predicted molar refractivity (Wildman–Crippen MR) is 68.7 cm³/mol. The number of hydrogen-bond acceptors (Lipinski definition) is 4. The minimum absolute atomic E-state index is 0.218. The van der Waals surface area contributed by atoms with E-state index in [9.17, 15) is 9.90 Å². The topological polar surface area (TPSA) is 79.5 Å². The summed E-state index contributed by atoms with van der Waals surface area (Å²) in [5.74, 6) is 1.05. The van der Waals surface area contributed by atoms with E-state index < -0.39 is 5.97 Å². The molecule has 1 aromatic rings. The van der Waals surface area contributed by atoms with Crippen LogP contribution in [0.15, 0.2) is 12.3 Å². The summed E-state index contributed by atoms with van der Waals surface area (Å²) in [7, 11) is 0. The van der Waals surface area contributed by atoms with Crippen molar-refractivity contribution in [1.29, 1.82) is 0 Å². The molecule has 2 fully saturated rings. The van der Waals surface area contributed by atoms with Crippen molar-refractivity contribution in [1.82, 2.24) is 4.98 Å². The molecule has 1 aliphatic carbocycles.